The standard InChI is InChI=1S/C24H32N4O4S/c1-23(2,3)32-22(31)26-13-16(14-26)28-20(29)18-11-17(33-25-24(4)9-10-24)7-8-19(18)27(21(28)30)12-15-5-6-15/h7-8,11,15-16,25H,5-6,9-10,12-14H2,1-4H3. The van der Waals surface area contributed by atoms with Gasteiger partial charge in [-0.05, 0) is 89.4 Å². The fraction of sp³-hybridized carbons (Fsp3) is 0.625. The minimum atomic E-state index is -0.585. The number of ether oxygens (including phenoxy) is 1. The monoisotopic (exact) mass is 472 g/mol. The molecule has 2 aromatic rings. The summed E-state index contributed by atoms with van der Waals surface area (Å²) in [7, 11) is 0. The van der Waals surface area contributed by atoms with Crippen molar-refractivity contribution in [3.05, 3.63) is 39.0 Å². The van der Waals surface area contributed by atoms with Gasteiger partial charge in [-0.25, -0.2) is 9.59 Å². The summed E-state index contributed by atoms with van der Waals surface area (Å²) in [5.41, 5.74) is -0.285. The van der Waals surface area contributed by atoms with E-state index in [1.807, 2.05) is 39.0 Å². The molecular weight excluding hydrogens is 440 g/mol. The zero-order valence-electron chi connectivity index (χ0n) is 19.7. The number of amides is 1. The Kier molecular flexibility index (Phi) is 5.40. The Morgan fingerprint density at radius 2 is 1.91 bits per heavy atom. The van der Waals surface area contributed by atoms with Gasteiger partial charge < -0.3 is 9.64 Å². The van der Waals surface area contributed by atoms with Crippen molar-refractivity contribution in [2.75, 3.05) is 13.1 Å². The summed E-state index contributed by atoms with van der Waals surface area (Å²) in [6.07, 6.45) is 4.11. The maximum absolute atomic E-state index is 13.5. The third kappa shape index (κ3) is 4.71. The van der Waals surface area contributed by atoms with Crippen molar-refractivity contribution in [1.29, 1.82) is 0 Å². The van der Waals surface area contributed by atoms with Crippen molar-refractivity contribution in [2.45, 2.75) is 82.0 Å². The van der Waals surface area contributed by atoms with E-state index in [-0.39, 0.29) is 22.8 Å². The summed E-state index contributed by atoms with van der Waals surface area (Å²) >= 11 is 1.54. The molecule has 1 aliphatic heterocycles. The Hall–Kier alpha value is -2.26. The van der Waals surface area contributed by atoms with Crippen molar-refractivity contribution in [1.82, 2.24) is 18.8 Å². The highest BCUT2D eigenvalue weighted by molar-refractivity contribution is 7.97. The van der Waals surface area contributed by atoms with E-state index in [0.29, 0.717) is 36.5 Å². The van der Waals surface area contributed by atoms with Gasteiger partial charge in [-0.15, -0.1) is 0 Å². The zero-order chi connectivity index (χ0) is 23.5. The Morgan fingerprint density at radius 1 is 1.21 bits per heavy atom. The lowest BCUT2D eigenvalue weighted by Crippen LogP contribution is -2.57. The van der Waals surface area contributed by atoms with Crippen LogP contribution in [0.3, 0.4) is 0 Å². The van der Waals surface area contributed by atoms with Crippen LogP contribution in [0.15, 0.2) is 32.7 Å². The first kappa shape index (κ1) is 22.5. The summed E-state index contributed by atoms with van der Waals surface area (Å²) in [5.74, 6) is 0.488. The molecule has 0 radical (unpaired) electrons. The second-order valence-corrected chi connectivity index (χ2v) is 11.9. The fourth-order valence-corrected chi connectivity index (χ4v) is 4.94. The van der Waals surface area contributed by atoms with E-state index in [9.17, 15) is 14.4 Å². The number of carbonyl (C=O) groups excluding carboxylic acids is 1. The van der Waals surface area contributed by atoms with Crippen LogP contribution in [0.2, 0.25) is 0 Å². The average Bonchev–Trinajstić information content (AvgIpc) is 3.62. The third-order valence-corrected chi connectivity index (χ3v) is 7.66. The number of benzene rings is 1. The Balaban J connectivity index is 1.46. The van der Waals surface area contributed by atoms with Crippen molar-refractivity contribution in [3.8, 4) is 0 Å². The second kappa shape index (κ2) is 7.91. The van der Waals surface area contributed by atoms with Crippen LogP contribution in [0.4, 0.5) is 4.79 Å². The van der Waals surface area contributed by atoms with Crippen molar-refractivity contribution in [2.24, 2.45) is 5.92 Å². The number of nitrogens with one attached hydrogen (secondary N) is 1. The highest BCUT2D eigenvalue weighted by Crippen LogP contribution is 2.38. The number of likely N-dealkylation sites (tertiary alicyclic amines) is 1. The summed E-state index contributed by atoms with van der Waals surface area (Å²) < 4.78 is 12.0. The molecule has 5 rings (SSSR count). The summed E-state index contributed by atoms with van der Waals surface area (Å²) in [4.78, 5) is 41.8. The largest absolute Gasteiger partial charge is 0.444 e. The van der Waals surface area contributed by atoms with E-state index in [1.54, 1.807) is 9.47 Å². The molecular formula is C24H32N4O4S. The van der Waals surface area contributed by atoms with E-state index in [2.05, 4.69) is 11.6 Å². The first-order chi connectivity index (χ1) is 15.5. The van der Waals surface area contributed by atoms with E-state index in [1.165, 1.54) is 16.5 Å². The SMILES string of the molecule is CC1(NSc2ccc3c(c2)c(=O)n(C2CN(C(=O)OC(C)(C)C)C2)c(=O)n3CC2CC2)CC1. The fourth-order valence-electron chi connectivity index (χ4n) is 4.06. The number of fused-ring (bicyclic) bond motifs is 1. The Labute approximate surface area is 197 Å². The Morgan fingerprint density at radius 3 is 2.52 bits per heavy atom. The highest BCUT2D eigenvalue weighted by atomic mass is 32.2. The van der Waals surface area contributed by atoms with Crippen LogP contribution in [0.5, 0.6) is 0 Å². The molecule has 1 saturated heterocycles. The average molecular weight is 473 g/mol. The molecule has 3 aliphatic rings. The normalized spacial score (nSPS) is 20.1. The molecule has 3 fully saturated rings. The minimum absolute atomic E-state index is 0.168. The van der Waals surface area contributed by atoms with Crippen LogP contribution < -0.4 is 16.0 Å². The smallest absolute Gasteiger partial charge is 0.410 e. The minimum Gasteiger partial charge on any atom is -0.444 e. The van der Waals surface area contributed by atoms with Crippen LogP contribution in [0, 0.1) is 5.92 Å². The van der Waals surface area contributed by atoms with Gasteiger partial charge in [0, 0.05) is 30.1 Å². The Bertz CT molecular complexity index is 1210. The van der Waals surface area contributed by atoms with Gasteiger partial charge in [0.05, 0.1) is 16.9 Å². The van der Waals surface area contributed by atoms with E-state index in [4.69, 9.17) is 4.74 Å². The van der Waals surface area contributed by atoms with Crippen LogP contribution in [0.25, 0.3) is 10.9 Å². The molecule has 2 saturated carbocycles. The van der Waals surface area contributed by atoms with Crippen molar-refractivity contribution in [3.63, 3.8) is 0 Å². The molecule has 178 valence electrons. The van der Waals surface area contributed by atoms with E-state index >= 15 is 0 Å². The van der Waals surface area contributed by atoms with Crippen LogP contribution >= 0.6 is 11.9 Å². The van der Waals surface area contributed by atoms with Gasteiger partial charge in [-0.3, -0.25) is 18.7 Å². The molecule has 0 spiro atoms. The topological polar surface area (TPSA) is 85.6 Å². The molecule has 2 aliphatic carbocycles. The van der Waals surface area contributed by atoms with Crippen LogP contribution in [-0.2, 0) is 11.3 Å². The molecule has 33 heavy (non-hydrogen) atoms. The molecule has 2 heterocycles. The van der Waals surface area contributed by atoms with Gasteiger partial charge in [0.2, 0.25) is 0 Å². The number of rotatable bonds is 6. The lowest BCUT2D eigenvalue weighted by molar-refractivity contribution is 0.0000350. The maximum Gasteiger partial charge on any atom is 0.410 e. The van der Waals surface area contributed by atoms with Crippen LogP contribution in [0.1, 0.15) is 59.4 Å². The molecule has 1 aromatic carbocycles. The van der Waals surface area contributed by atoms with Crippen LogP contribution in [-0.4, -0.2) is 44.4 Å². The predicted molar refractivity (Wildman–Crippen MR) is 129 cm³/mol. The molecule has 0 unspecified atom stereocenters. The van der Waals surface area contributed by atoms with Gasteiger partial charge in [-0.1, -0.05) is 0 Å². The van der Waals surface area contributed by atoms with Crippen molar-refractivity contribution >= 4 is 28.9 Å². The first-order valence-corrected chi connectivity index (χ1v) is 12.6. The summed E-state index contributed by atoms with van der Waals surface area (Å²) in [6.45, 7) is 8.87. The lowest BCUT2D eigenvalue weighted by atomic mass is 10.1. The quantitative estimate of drug-likeness (QED) is 0.648. The molecule has 9 heteroatoms. The molecule has 8 nitrogen and oxygen atoms in total. The summed E-state index contributed by atoms with van der Waals surface area (Å²) in [6, 6.07) is 5.43. The molecule has 1 aromatic heterocycles. The highest BCUT2D eigenvalue weighted by Gasteiger charge is 2.38. The second-order valence-electron chi connectivity index (χ2n) is 11.0. The van der Waals surface area contributed by atoms with Gasteiger partial charge in [0.25, 0.3) is 5.56 Å². The van der Waals surface area contributed by atoms with E-state index in [0.717, 1.165) is 30.6 Å². The molecule has 0 atom stereocenters. The number of nitrogens with zero attached hydrogens (tertiary/aromatic N) is 3. The molecule has 0 bridgehead atoms. The third-order valence-electron chi connectivity index (χ3n) is 6.58. The zero-order valence-corrected chi connectivity index (χ0v) is 20.5. The number of hydrogen-bond acceptors (Lipinski definition) is 6. The molecule has 1 amide bonds. The van der Waals surface area contributed by atoms with Crippen molar-refractivity contribution < 1.29 is 9.53 Å². The number of carbonyl (C=O) groups is 1. The maximum atomic E-state index is 13.5. The summed E-state index contributed by atoms with van der Waals surface area (Å²) in [5, 5.41) is 0.554. The first-order valence-electron chi connectivity index (χ1n) is 11.7. The van der Waals surface area contributed by atoms with Gasteiger partial charge in [0.1, 0.15) is 5.60 Å². The van der Waals surface area contributed by atoms with Gasteiger partial charge in [0.15, 0.2) is 0 Å². The van der Waals surface area contributed by atoms with Gasteiger partial charge in [-0.2, -0.15) is 0 Å². The lowest BCUT2D eigenvalue weighted by Gasteiger charge is -2.40. The molecule has 1 N–H and O–H groups in total. The number of aromatic nitrogens is 2. The number of hydrogen-bond donors (Lipinski definition) is 1. The predicted octanol–water partition coefficient (Wildman–Crippen LogP) is 3.51. The van der Waals surface area contributed by atoms with E-state index < -0.39 is 11.7 Å². The van der Waals surface area contributed by atoms with Gasteiger partial charge >= 0.3 is 11.8 Å².